The number of amides is 2. The third kappa shape index (κ3) is 12.0. The molecule has 14 nitrogen and oxygen atoms in total. The highest BCUT2D eigenvalue weighted by Crippen LogP contribution is 2.37. The lowest BCUT2D eigenvalue weighted by atomic mass is 10.2. The number of hydrogen-bond donors (Lipinski definition) is 2. The molecule has 7 heterocycles. The van der Waals surface area contributed by atoms with E-state index in [1.54, 1.807) is 57.3 Å². The molecular weight excluding hydrogens is 1150 g/mol. The van der Waals surface area contributed by atoms with E-state index in [0.29, 0.717) is 31.9 Å². The maximum Gasteiger partial charge on any atom is 0.348 e. The number of halogens is 2. The van der Waals surface area contributed by atoms with E-state index in [-0.39, 0.29) is 17.8 Å². The van der Waals surface area contributed by atoms with Crippen molar-refractivity contribution in [2.45, 2.75) is 0 Å². The van der Waals surface area contributed by atoms with Gasteiger partial charge in [0.05, 0.1) is 62.8 Å². The second kappa shape index (κ2) is 22.9. The number of carbonyl (C=O) groups excluding carboxylic acids is 3. The summed E-state index contributed by atoms with van der Waals surface area (Å²) in [5.41, 5.74) is 1.16. The van der Waals surface area contributed by atoms with Crippen molar-refractivity contribution in [1.82, 2.24) is 25.6 Å². The number of nitrogens with zero attached hydrogens (tertiary/aromatic N) is 4. The number of methoxy groups -OCH3 is 1. The van der Waals surface area contributed by atoms with Crippen LogP contribution in [0, 0.1) is 7.14 Å². The van der Waals surface area contributed by atoms with Crippen molar-refractivity contribution in [3.8, 4) is 34.5 Å². The fourth-order valence-electron chi connectivity index (χ4n) is 6.66. The number of pyridine rings is 3. The van der Waals surface area contributed by atoms with Gasteiger partial charge in [0.1, 0.15) is 22.1 Å². The lowest BCUT2D eigenvalue weighted by Crippen LogP contribution is -2.36. The van der Waals surface area contributed by atoms with E-state index in [4.69, 9.17) is 23.7 Å². The van der Waals surface area contributed by atoms with E-state index in [2.05, 4.69) is 87.8 Å². The first kappa shape index (κ1) is 48.5. The van der Waals surface area contributed by atoms with Gasteiger partial charge in [0.15, 0.2) is 17.2 Å². The van der Waals surface area contributed by atoms with Crippen molar-refractivity contribution >= 4 is 133 Å². The molecule has 68 heavy (non-hydrogen) atoms. The first-order valence-corrected chi connectivity index (χ1v) is 25.3. The van der Waals surface area contributed by atoms with Crippen LogP contribution >= 0.6 is 79.2 Å². The predicted molar refractivity (Wildman–Crippen MR) is 285 cm³/mol. The summed E-state index contributed by atoms with van der Waals surface area (Å²) in [7, 11) is 4.61. The molecule has 1 saturated heterocycles. The van der Waals surface area contributed by atoms with Crippen molar-refractivity contribution in [2.24, 2.45) is 0 Å². The SMILES string of the molecule is CNC(=O)c1cc2c(Oc3ccc(I)cc3)cncc2s1.CNC(=O)c1cc2c(Oc3ccc(N4CCOCC4)cc3)cncc2s1.COC(=O)c1cc2c(Oc3ccc(I)cc3)cncc2s1. The molecule has 19 heteroatoms. The van der Waals surface area contributed by atoms with E-state index in [1.165, 1.54) is 41.1 Å². The van der Waals surface area contributed by atoms with Gasteiger partial charge in [-0.15, -0.1) is 34.0 Å². The summed E-state index contributed by atoms with van der Waals surface area (Å²) in [6.07, 6.45) is 10.2. The van der Waals surface area contributed by atoms with Crippen LogP contribution < -0.4 is 29.7 Å². The van der Waals surface area contributed by atoms with Crippen molar-refractivity contribution in [2.75, 3.05) is 52.4 Å². The number of morpholine rings is 1. The van der Waals surface area contributed by atoms with Crippen LogP contribution in [-0.4, -0.2) is 80.2 Å². The number of hydrogen-bond acceptors (Lipinski definition) is 15. The molecule has 10 rings (SSSR count). The number of anilines is 1. The van der Waals surface area contributed by atoms with Crippen molar-refractivity contribution in [3.05, 3.63) is 150 Å². The zero-order valence-electron chi connectivity index (χ0n) is 36.5. The molecule has 0 unspecified atom stereocenters. The molecule has 0 saturated carbocycles. The largest absolute Gasteiger partial charge is 0.465 e. The maximum absolute atomic E-state index is 11.9. The lowest BCUT2D eigenvalue weighted by molar-refractivity contribution is 0.0606. The van der Waals surface area contributed by atoms with Gasteiger partial charge < -0.3 is 39.2 Å². The number of aromatic nitrogens is 3. The van der Waals surface area contributed by atoms with Crippen molar-refractivity contribution < 1.29 is 38.1 Å². The Kier molecular flexibility index (Phi) is 16.3. The predicted octanol–water partition coefficient (Wildman–Crippen LogP) is 11.8. The number of rotatable bonds is 10. The number of fused-ring (bicyclic) bond motifs is 3. The summed E-state index contributed by atoms with van der Waals surface area (Å²) in [5.74, 6) is 3.59. The van der Waals surface area contributed by atoms with Gasteiger partial charge in [-0.3, -0.25) is 24.5 Å². The van der Waals surface area contributed by atoms with E-state index < -0.39 is 0 Å². The molecule has 0 aliphatic carbocycles. The Labute approximate surface area is 429 Å². The molecular formula is C49H40I2N6O8S3. The topological polar surface area (TPSA) is 163 Å². The maximum atomic E-state index is 11.9. The Balaban J connectivity index is 0.000000139. The van der Waals surface area contributed by atoms with Gasteiger partial charge in [0.2, 0.25) is 0 Å². The standard InChI is InChI=1S/C19H19N3O3S.C15H11IN2O2S.C15H10INO3S/c1-20-19(23)17-10-15-16(11-21-12-18(15)26-17)25-14-4-2-13(3-5-14)22-6-8-24-9-7-22;1-17-15(19)13-6-11-12(7-18-8-14(11)21-13)20-10-4-2-9(16)3-5-10;1-19-15(18)13-6-11-12(7-17-8-14(11)21-13)20-10-4-2-9(16)3-5-10/h2-5,10-12H,6-9H2,1H3,(H,20,23);2-8H,1H3,(H,17,19);2-8H,1H3. The van der Waals surface area contributed by atoms with E-state index >= 15 is 0 Å². The van der Waals surface area contributed by atoms with Crippen LogP contribution in [0.25, 0.3) is 30.3 Å². The number of nitrogens with one attached hydrogen (secondary N) is 2. The Morgan fingerprint density at radius 3 is 1.31 bits per heavy atom. The minimum Gasteiger partial charge on any atom is -0.465 e. The van der Waals surface area contributed by atoms with E-state index in [9.17, 15) is 14.4 Å². The summed E-state index contributed by atoms with van der Waals surface area (Å²) in [5, 5.41) is 7.91. The Hall–Kier alpha value is -5.98. The summed E-state index contributed by atoms with van der Waals surface area (Å²) >= 11 is 8.63. The zero-order valence-corrected chi connectivity index (χ0v) is 43.3. The number of benzene rings is 3. The van der Waals surface area contributed by atoms with Crippen LogP contribution in [0.2, 0.25) is 0 Å². The number of ether oxygens (including phenoxy) is 5. The first-order chi connectivity index (χ1) is 33.1. The van der Waals surface area contributed by atoms with Gasteiger partial charge in [0.25, 0.3) is 11.8 Å². The molecule has 9 aromatic rings. The molecule has 2 N–H and O–H groups in total. The van der Waals surface area contributed by atoms with Gasteiger partial charge in [-0.25, -0.2) is 4.79 Å². The molecule has 346 valence electrons. The van der Waals surface area contributed by atoms with Gasteiger partial charge in [-0.05, 0) is 136 Å². The molecule has 0 atom stereocenters. The smallest absolute Gasteiger partial charge is 0.348 e. The fourth-order valence-corrected chi connectivity index (χ4v) is 10.3. The minimum atomic E-state index is -0.351. The average Bonchev–Trinajstić information content (AvgIpc) is 4.15. The molecule has 0 spiro atoms. The van der Waals surface area contributed by atoms with Crippen LogP contribution in [-0.2, 0) is 9.47 Å². The average molecular weight is 1190 g/mol. The lowest BCUT2D eigenvalue weighted by Gasteiger charge is -2.28. The molecule has 2 amide bonds. The minimum absolute atomic E-state index is 0.101. The van der Waals surface area contributed by atoms with Gasteiger partial charge in [0, 0.05) is 74.8 Å². The Morgan fingerprint density at radius 1 is 0.559 bits per heavy atom. The van der Waals surface area contributed by atoms with Crippen molar-refractivity contribution in [3.63, 3.8) is 0 Å². The highest BCUT2D eigenvalue weighted by molar-refractivity contribution is 14.1. The number of carbonyl (C=O) groups is 3. The van der Waals surface area contributed by atoms with E-state index in [1.807, 2.05) is 72.8 Å². The molecule has 1 aliphatic rings. The molecule has 0 bridgehead atoms. The van der Waals surface area contributed by atoms with Gasteiger partial charge in [-0.2, -0.15) is 0 Å². The highest BCUT2D eigenvalue weighted by Gasteiger charge is 2.17. The molecule has 0 radical (unpaired) electrons. The van der Waals surface area contributed by atoms with Gasteiger partial charge in [-0.1, -0.05) is 0 Å². The third-order valence-corrected chi connectivity index (χ3v) is 14.7. The molecule has 3 aromatic carbocycles. The fraction of sp³-hybridized carbons (Fsp3) is 0.143. The van der Waals surface area contributed by atoms with Crippen LogP contribution in [0.1, 0.15) is 29.0 Å². The van der Waals surface area contributed by atoms with Crippen LogP contribution in [0.4, 0.5) is 5.69 Å². The normalized spacial score (nSPS) is 12.0. The molecule has 6 aromatic heterocycles. The summed E-state index contributed by atoms with van der Waals surface area (Å²) in [6, 6.07) is 29.0. The first-order valence-electron chi connectivity index (χ1n) is 20.7. The number of esters is 1. The Morgan fingerprint density at radius 2 is 0.926 bits per heavy atom. The van der Waals surface area contributed by atoms with Crippen LogP contribution in [0.15, 0.2) is 128 Å². The summed E-state index contributed by atoms with van der Waals surface area (Å²) < 4.78 is 32.9. The van der Waals surface area contributed by atoms with Crippen LogP contribution in [0.3, 0.4) is 0 Å². The quantitative estimate of drug-likeness (QED) is 0.0986. The number of thiophene rings is 3. The Bertz CT molecular complexity index is 3060. The van der Waals surface area contributed by atoms with Crippen LogP contribution in [0.5, 0.6) is 34.5 Å². The molecule has 1 aliphatic heterocycles. The second-order valence-corrected chi connectivity index (χ2v) is 20.2. The molecule has 1 fully saturated rings. The summed E-state index contributed by atoms with van der Waals surface area (Å²) in [6.45, 7) is 3.33. The van der Waals surface area contributed by atoms with E-state index in [0.717, 1.165) is 86.6 Å². The third-order valence-electron chi connectivity index (χ3n) is 10.0. The highest BCUT2D eigenvalue weighted by atomic mass is 127. The zero-order chi connectivity index (χ0) is 47.6. The van der Waals surface area contributed by atoms with Crippen molar-refractivity contribution in [1.29, 1.82) is 0 Å². The van der Waals surface area contributed by atoms with Gasteiger partial charge >= 0.3 is 5.97 Å². The monoisotopic (exact) mass is 1190 g/mol. The second-order valence-electron chi connectivity index (χ2n) is 14.4. The summed E-state index contributed by atoms with van der Waals surface area (Å²) in [4.78, 5) is 51.9.